The van der Waals surface area contributed by atoms with E-state index in [-0.39, 0.29) is 27.1 Å². The van der Waals surface area contributed by atoms with E-state index < -0.39 is 21.3 Å². The van der Waals surface area contributed by atoms with E-state index >= 15 is 0 Å². The van der Waals surface area contributed by atoms with Crippen LogP contribution >= 0.6 is 0 Å². The molecule has 0 aromatic heterocycles. The van der Waals surface area contributed by atoms with Crippen LogP contribution in [0.5, 0.6) is 0 Å². The number of benzene rings is 3. The molecule has 0 aliphatic heterocycles. The summed E-state index contributed by atoms with van der Waals surface area (Å²) in [5.74, 6) is 0.529. The van der Waals surface area contributed by atoms with Crippen LogP contribution in [0.25, 0.3) is 11.1 Å². The number of hydrogen-bond donors (Lipinski definition) is 0. The summed E-state index contributed by atoms with van der Waals surface area (Å²) in [4.78, 5) is 0. The second kappa shape index (κ2) is 13.4. The number of hydrogen-bond acceptors (Lipinski definition) is 0. The molecule has 2 aliphatic carbocycles. The van der Waals surface area contributed by atoms with Crippen LogP contribution < -0.4 is 0 Å². The quantitative estimate of drug-likeness (QED) is 0.244. The second-order valence-corrected chi connectivity index (χ2v) is 27.4. The molecule has 1 unspecified atom stereocenters. The van der Waals surface area contributed by atoms with Crippen molar-refractivity contribution in [2.45, 2.75) is 156 Å². The van der Waals surface area contributed by atoms with Crippen molar-refractivity contribution < 1.29 is 21.3 Å². The summed E-state index contributed by atoms with van der Waals surface area (Å²) in [6, 6.07) is 22.2. The Morgan fingerprint density at radius 2 is 1.00 bits per heavy atom. The molecule has 0 nitrogen and oxygen atoms in total. The van der Waals surface area contributed by atoms with E-state index in [9.17, 15) is 0 Å². The van der Waals surface area contributed by atoms with Crippen molar-refractivity contribution in [2.75, 3.05) is 0 Å². The second-order valence-electron chi connectivity index (χ2n) is 20.7. The Labute approximate surface area is 315 Å². The molecule has 5 rings (SSSR count). The van der Waals surface area contributed by atoms with Crippen molar-refractivity contribution in [3.05, 3.63) is 115 Å². The summed E-state index contributed by atoms with van der Waals surface area (Å²) in [6.07, 6.45) is 7.85. The molecule has 1 atom stereocenters. The van der Waals surface area contributed by atoms with Crippen LogP contribution in [0.3, 0.4) is 0 Å². The minimum atomic E-state index is -2.75. The topological polar surface area (TPSA) is 0 Å². The molecule has 268 valence electrons. The molecule has 0 amide bonds. The van der Waals surface area contributed by atoms with E-state index in [2.05, 4.69) is 184 Å². The first-order valence-electron chi connectivity index (χ1n) is 19.4. The molecule has 0 spiro atoms. The Kier molecular flexibility index (Phi) is 10.5. The van der Waals surface area contributed by atoms with Gasteiger partial charge < -0.3 is 0 Å². The average molecular weight is 748 g/mol. The van der Waals surface area contributed by atoms with Gasteiger partial charge in [-0.05, 0) is 0 Å². The van der Waals surface area contributed by atoms with Gasteiger partial charge in [-0.3, -0.25) is 0 Å². The predicted molar refractivity (Wildman–Crippen MR) is 219 cm³/mol. The van der Waals surface area contributed by atoms with Gasteiger partial charge in [0.15, 0.2) is 0 Å². The van der Waals surface area contributed by atoms with E-state index in [1.54, 1.807) is 23.2 Å². The molecular formula is C49H68Zr. The first kappa shape index (κ1) is 39.1. The fourth-order valence-corrected chi connectivity index (χ4v) is 17.6. The Hall–Kier alpha value is -2.11. The van der Waals surface area contributed by atoms with Crippen LogP contribution in [0, 0.1) is 11.3 Å². The third-order valence-electron chi connectivity index (χ3n) is 11.3. The van der Waals surface area contributed by atoms with Crippen molar-refractivity contribution in [1.29, 1.82) is 0 Å². The molecular weight excluding hydrogens is 680 g/mol. The summed E-state index contributed by atoms with van der Waals surface area (Å²) in [6.45, 7) is 41.1. The van der Waals surface area contributed by atoms with Crippen LogP contribution in [0.2, 0.25) is 0 Å². The van der Waals surface area contributed by atoms with Crippen LogP contribution in [0.15, 0.2) is 75.6 Å². The van der Waals surface area contributed by atoms with E-state index in [0.717, 1.165) is 0 Å². The molecule has 0 bridgehead atoms. The first-order valence-corrected chi connectivity index (χ1v) is 23.3. The zero-order valence-corrected chi connectivity index (χ0v) is 37.4. The molecule has 1 heteroatoms. The van der Waals surface area contributed by atoms with Gasteiger partial charge in [0.1, 0.15) is 0 Å². The van der Waals surface area contributed by atoms with Crippen LogP contribution in [-0.2, 0) is 42.9 Å². The maximum atomic E-state index is 2.72. The van der Waals surface area contributed by atoms with E-state index in [0.29, 0.717) is 9.54 Å². The summed E-state index contributed by atoms with van der Waals surface area (Å²) >= 11 is -2.75. The molecule has 0 saturated carbocycles. The van der Waals surface area contributed by atoms with Gasteiger partial charge in [-0.1, -0.05) is 0 Å². The SMILES string of the molecule is CCCC1C=C(C(C)(C)C)C=[C]1[Zr](=[C](C)c1ccccc1)[CH]1c2cc(C(C)(C)C)c(C(C)(C)C)cc2-c2cc(C(C)(C)C)c(C(C)(C)C)cc21. The Bertz CT molecular complexity index is 1770. The molecule has 2 aliphatic rings. The number of allylic oxidation sites excluding steroid dienone is 4. The molecule has 0 fully saturated rings. The molecule has 3 aromatic carbocycles. The third kappa shape index (κ3) is 7.52. The van der Waals surface area contributed by atoms with Crippen LogP contribution in [0.4, 0.5) is 0 Å². The van der Waals surface area contributed by atoms with Gasteiger partial charge in [0.05, 0.1) is 0 Å². The summed E-state index contributed by atoms with van der Waals surface area (Å²) in [5.41, 5.74) is 15.6. The van der Waals surface area contributed by atoms with Crippen LogP contribution in [0.1, 0.15) is 173 Å². The van der Waals surface area contributed by atoms with Gasteiger partial charge in [0.25, 0.3) is 0 Å². The maximum absolute atomic E-state index is 2.75. The molecule has 0 radical (unpaired) electrons. The predicted octanol–water partition coefficient (Wildman–Crippen LogP) is 14.1. The van der Waals surface area contributed by atoms with Gasteiger partial charge in [0, 0.05) is 0 Å². The van der Waals surface area contributed by atoms with Crippen molar-refractivity contribution in [3.8, 4) is 11.1 Å². The van der Waals surface area contributed by atoms with Gasteiger partial charge in [0.2, 0.25) is 0 Å². The summed E-state index contributed by atoms with van der Waals surface area (Å²) in [5, 5.41) is 0. The fraction of sp³-hybridized carbons (Fsp3) is 0.531. The molecule has 0 heterocycles. The normalized spacial score (nSPS) is 17.7. The zero-order valence-electron chi connectivity index (χ0n) is 34.9. The standard InChI is InChI=1S/C29H41.C12H19.C8H8.Zr/c1-26(2,3)22-14-18-13-19-15-23(27(4,5)6)25(29(10,11)12)17-21(19)20(18)16-24(22)28(7,8)9;1-5-6-10-7-8-11(9-10)12(2,3)4;1-2-8-6-4-3-5-7-8;/h13-17H,1-12H3;8-10H,5-6H2,1-4H3;3-7H,1H3;. The van der Waals surface area contributed by atoms with E-state index in [4.69, 9.17) is 0 Å². The molecule has 0 N–H and O–H groups in total. The average Bonchev–Trinajstić information content (AvgIpc) is 3.54. The molecule has 3 aromatic rings. The van der Waals surface area contributed by atoms with Gasteiger partial charge in [-0.15, -0.1) is 0 Å². The van der Waals surface area contributed by atoms with Crippen molar-refractivity contribution >= 4 is 3.21 Å². The van der Waals surface area contributed by atoms with Crippen molar-refractivity contribution in [3.63, 3.8) is 0 Å². The molecule has 0 saturated heterocycles. The van der Waals surface area contributed by atoms with Crippen molar-refractivity contribution in [2.24, 2.45) is 11.3 Å². The third-order valence-corrected chi connectivity index (χ3v) is 19.7. The van der Waals surface area contributed by atoms with Gasteiger partial charge >= 0.3 is 317 Å². The Balaban J connectivity index is 2.00. The van der Waals surface area contributed by atoms with Gasteiger partial charge in [-0.2, -0.15) is 0 Å². The van der Waals surface area contributed by atoms with E-state index in [1.807, 2.05) is 0 Å². The Morgan fingerprint density at radius 3 is 1.38 bits per heavy atom. The van der Waals surface area contributed by atoms with Crippen LogP contribution in [-0.4, -0.2) is 3.21 Å². The fourth-order valence-electron chi connectivity index (χ4n) is 8.50. The monoisotopic (exact) mass is 746 g/mol. The van der Waals surface area contributed by atoms with Gasteiger partial charge in [-0.25, -0.2) is 0 Å². The van der Waals surface area contributed by atoms with E-state index in [1.165, 1.54) is 51.8 Å². The zero-order chi connectivity index (χ0) is 37.4. The van der Waals surface area contributed by atoms with Crippen molar-refractivity contribution in [1.82, 2.24) is 0 Å². The minimum absolute atomic E-state index is 0.0458. The summed E-state index contributed by atoms with van der Waals surface area (Å²) < 4.78 is 3.91. The first-order chi connectivity index (χ1) is 22.9. The number of fused-ring (bicyclic) bond motifs is 3. The molecule has 50 heavy (non-hydrogen) atoms. The summed E-state index contributed by atoms with van der Waals surface area (Å²) in [7, 11) is 0. The Morgan fingerprint density at radius 1 is 0.580 bits per heavy atom. The number of rotatable bonds is 5.